The summed E-state index contributed by atoms with van der Waals surface area (Å²) in [6.45, 7) is 2.12. The molecule has 94 valence electrons. The minimum Gasteiger partial charge on any atom is -0.475 e. The molecule has 2 N–H and O–H groups in total. The molecule has 0 aliphatic rings. The minimum atomic E-state index is -1.05. The molecule has 4 nitrogen and oxygen atoms in total. The first-order valence-corrected chi connectivity index (χ1v) is 5.76. The molecule has 0 aliphatic heterocycles. The molecule has 1 aromatic heterocycles. The molecule has 0 saturated heterocycles. The van der Waals surface area contributed by atoms with Gasteiger partial charge in [0.15, 0.2) is 0 Å². The summed E-state index contributed by atoms with van der Waals surface area (Å²) >= 11 is 5.86. The topological polar surface area (TPSA) is 62.5 Å². The number of aromatic carboxylic acids is 1. The smallest absolute Gasteiger partial charge is 0.372 e. The van der Waals surface area contributed by atoms with Gasteiger partial charge >= 0.3 is 5.97 Å². The molecule has 0 radical (unpaired) electrons. The molecule has 0 unspecified atom stereocenters. The molecule has 1 aromatic carbocycles. The van der Waals surface area contributed by atoms with Crippen LogP contribution in [0.1, 0.15) is 21.9 Å². The molecule has 0 amide bonds. The van der Waals surface area contributed by atoms with Gasteiger partial charge in [0, 0.05) is 16.3 Å². The second-order valence-electron chi connectivity index (χ2n) is 3.89. The van der Waals surface area contributed by atoms with Crippen LogP contribution in [0.3, 0.4) is 0 Å². The highest BCUT2D eigenvalue weighted by molar-refractivity contribution is 6.30. The lowest BCUT2D eigenvalue weighted by molar-refractivity contribution is 0.0659. The van der Waals surface area contributed by atoms with Crippen molar-refractivity contribution in [1.82, 2.24) is 0 Å². The van der Waals surface area contributed by atoms with Gasteiger partial charge in [-0.25, -0.2) is 4.79 Å². The number of anilines is 1. The van der Waals surface area contributed by atoms with Gasteiger partial charge in [0.25, 0.3) is 0 Å². The van der Waals surface area contributed by atoms with E-state index < -0.39 is 5.97 Å². The lowest BCUT2D eigenvalue weighted by atomic mass is 10.2. The average Bonchev–Trinajstić information content (AvgIpc) is 2.68. The van der Waals surface area contributed by atoms with E-state index in [-0.39, 0.29) is 5.76 Å². The van der Waals surface area contributed by atoms with Gasteiger partial charge in [-0.05, 0) is 31.2 Å². The molecule has 1 heterocycles. The van der Waals surface area contributed by atoms with Crippen LogP contribution in [0.15, 0.2) is 34.7 Å². The van der Waals surface area contributed by atoms with Crippen LogP contribution in [0, 0.1) is 6.92 Å². The summed E-state index contributed by atoms with van der Waals surface area (Å²) in [6, 6.07) is 8.99. The number of carbonyl (C=O) groups is 1. The van der Waals surface area contributed by atoms with E-state index in [4.69, 9.17) is 21.1 Å². The summed E-state index contributed by atoms with van der Waals surface area (Å²) in [5.41, 5.74) is 1.47. The third kappa shape index (κ3) is 2.84. The molecular weight excluding hydrogens is 254 g/mol. The Labute approximate surface area is 109 Å². The van der Waals surface area contributed by atoms with Crippen molar-refractivity contribution in [3.8, 4) is 0 Å². The Morgan fingerprint density at radius 1 is 1.44 bits per heavy atom. The fourth-order valence-electron chi connectivity index (χ4n) is 1.64. The molecule has 0 aliphatic carbocycles. The third-order valence-electron chi connectivity index (χ3n) is 2.45. The van der Waals surface area contributed by atoms with Gasteiger partial charge in [-0.3, -0.25) is 0 Å². The van der Waals surface area contributed by atoms with Crippen molar-refractivity contribution >= 4 is 23.3 Å². The zero-order valence-corrected chi connectivity index (χ0v) is 10.5. The van der Waals surface area contributed by atoms with E-state index in [1.807, 2.05) is 12.1 Å². The van der Waals surface area contributed by atoms with Crippen molar-refractivity contribution in [2.45, 2.75) is 13.5 Å². The Balaban J connectivity index is 2.06. The average molecular weight is 266 g/mol. The maximum absolute atomic E-state index is 10.8. The van der Waals surface area contributed by atoms with Crippen LogP contribution < -0.4 is 5.32 Å². The van der Waals surface area contributed by atoms with Crippen molar-refractivity contribution in [3.63, 3.8) is 0 Å². The number of carboxylic acids is 1. The van der Waals surface area contributed by atoms with Gasteiger partial charge in [-0.2, -0.15) is 0 Å². The van der Waals surface area contributed by atoms with E-state index in [1.165, 1.54) is 0 Å². The predicted octanol–water partition coefficient (Wildman–Crippen LogP) is 3.55. The second kappa shape index (κ2) is 5.14. The lowest BCUT2D eigenvalue weighted by Gasteiger charge is -2.04. The third-order valence-corrected chi connectivity index (χ3v) is 2.69. The quantitative estimate of drug-likeness (QED) is 0.887. The van der Waals surface area contributed by atoms with E-state index in [1.54, 1.807) is 25.1 Å². The van der Waals surface area contributed by atoms with Crippen molar-refractivity contribution in [3.05, 3.63) is 52.4 Å². The maximum atomic E-state index is 10.8. The zero-order chi connectivity index (χ0) is 13.1. The van der Waals surface area contributed by atoms with Crippen LogP contribution in [-0.4, -0.2) is 11.1 Å². The molecule has 18 heavy (non-hydrogen) atoms. The van der Waals surface area contributed by atoms with Gasteiger partial charge < -0.3 is 14.8 Å². The Morgan fingerprint density at radius 3 is 2.83 bits per heavy atom. The van der Waals surface area contributed by atoms with Crippen molar-refractivity contribution in [2.24, 2.45) is 0 Å². The van der Waals surface area contributed by atoms with E-state index in [2.05, 4.69) is 5.32 Å². The Hall–Kier alpha value is -1.94. The summed E-state index contributed by atoms with van der Waals surface area (Å²) in [5, 5.41) is 12.6. The van der Waals surface area contributed by atoms with Crippen molar-refractivity contribution in [2.75, 3.05) is 5.32 Å². The van der Waals surface area contributed by atoms with Crippen LogP contribution in [0.4, 0.5) is 5.69 Å². The summed E-state index contributed by atoms with van der Waals surface area (Å²) in [6.07, 6.45) is 0. The fourth-order valence-corrected chi connectivity index (χ4v) is 1.83. The Kier molecular flexibility index (Phi) is 3.58. The molecule has 5 heteroatoms. The van der Waals surface area contributed by atoms with E-state index in [0.717, 1.165) is 5.69 Å². The monoisotopic (exact) mass is 265 g/mol. The first kappa shape index (κ1) is 12.5. The normalized spacial score (nSPS) is 10.3. The first-order valence-electron chi connectivity index (χ1n) is 5.38. The number of furan rings is 1. The highest BCUT2D eigenvalue weighted by atomic mass is 35.5. The second-order valence-corrected chi connectivity index (χ2v) is 4.33. The first-order chi connectivity index (χ1) is 8.56. The molecule has 2 aromatic rings. The summed E-state index contributed by atoms with van der Waals surface area (Å²) in [4.78, 5) is 10.8. The number of halogens is 1. The highest BCUT2D eigenvalue weighted by Crippen LogP contribution is 2.18. The number of rotatable bonds is 4. The van der Waals surface area contributed by atoms with E-state index >= 15 is 0 Å². The Bertz CT molecular complexity index is 577. The summed E-state index contributed by atoms with van der Waals surface area (Å²) in [7, 11) is 0. The van der Waals surface area contributed by atoms with Gasteiger partial charge in [-0.1, -0.05) is 17.7 Å². The fraction of sp³-hybridized carbons (Fsp3) is 0.154. The van der Waals surface area contributed by atoms with Crippen molar-refractivity contribution in [1.29, 1.82) is 0 Å². The standard InChI is InChI=1S/C13H12ClNO3/c1-8-5-11(18-12(8)13(16)17)7-15-10-4-2-3-9(14)6-10/h2-6,15H,7H2,1H3,(H,16,17). The Morgan fingerprint density at radius 2 is 2.22 bits per heavy atom. The largest absolute Gasteiger partial charge is 0.475 e. The summed E-state index contributed by atoms with van der Waals surface area (Å²) in [5.74, 6) is -0.496. The van der Waals surface area contributed by atoms with Crippen LogP contribution >= 0.6 is 11.6 Å². The van der Waals surface area contributed by atoms with Gasteiger partial charge in [0.1, 0.15) is 5.76 Å². The zero-order valence-electron chi connectivity index (χ0n) is 9.74. The van der Waals surface area contributed by atoms with Crippen LogP contribution in [0.2, 0.25) is 5.02 Å². The maximum Gasteiger partial charge on any atom is 0.372 e. The predicted molar refractivity (Wildman–Crippen MR) is 69.2 cm³/mol. The number of hydrogen-bond acceptors (Lipinski definition) is 3. The minimum absolute atomic E-state index is 0.0158. The molecule has 0 fully saturated rings. The lowest BCUT2D eigenvalue weighted by Crippen LogP contribution is -1.98. The van der Waals surface area contributed by atoms with Gasteiger partial charge in [0.2, 0.25) is 5.76 Å². The van der Waals surface area contributed by atoms with Crippen LogP contribution in [0.5, 0.6) is 0 Å². The van der Waals surface area contributed by atoms with Crippen LogP contribution in [-0.2, 0) is 6.54 Å². The number of hydrogen-bond donors (Lipinski definition) is 2. The molecule has 2 rings (SSSR count). The number of aryl methyl sites for hydroxylation is 1. The number of carboxylic acid groups (broad SMARTS) is 1. The van der Waals surface area contributed by atoms with Gasteiger partial charge in [0.05, 0.1) is 6.54 Å². The van der Waals surface area contributed by atoms with Gasteiger partial charge in [-0.15, -0.1) is 0 Å². The molecular formula is C13H12ClNO3. The SMILES string of the molecule is Cc1cc(CNc2cccc(Cl)c2)oc1C(=O)O. The van der Waals surface area contributed by atoms with E-state index in [9.17, 15) is 4.79 Å². The number of nitrogens with one attached hydrogen (secondary N) is 1. The molecule has 0 saturated carbocycles. The van der Waals surface area contributed by atoms with E-state index in [0.29, 0.717) is 22.9 Å². The van der Waals surface area contributed by atoms with Crippen LogP contribution in [0.25, 0.3) is 0 Å². The molecule has 0 spiro atoms. The molecule has 0 bridgehead atoms. The number of benzene rings is 1. The van der Waals surface area contributed by atoms with Crippen molar-refractivity contribution < 1.29 is 14.3 Å². The summed E-state index contributed by atoms with van der Waals surface area (Å²) < 4.78 is 5.23. The highest BCUT2D eigenvalue weighted by Gasteiger charge is 2.13. The molecule has 0 atom stereocenters.